The molecule has 0 aliphatic carbocycles. The Morgan fingerprint density at radius 3 is 2.64 bits per heavy atom. The summed E-state index contributed by atoms with van der Waals surface area (Å²) in [5, 5.41) is 26.0. The first-order chi connectivity index (χ1) is 20.1. The van der Waals surface area contributed by atoms with E-state index in [-0.39, 0.29) is 12.5 Å². The van der Waals surface area contributed by atoms with Gasteiger partial charge in [0.25, 0.3) is 0 Å². The van der Waals surface area contributed by atoms with Crippen LogP contribution in [0.3, 0.4) is 0 Å². The highest BCUT2D eigenvalue weighted by Crippen LogP contribution is 2.38. The van der Waals surface area contributed by atoms with Crippen LogP contribution in [0.25, 0.3) is 22.2 Å². The van der Waals surface area contributed by atoms with E-state index in [1.54, 1.807) is 31.4 Å². The molecule has 12 nitrogen and oxygen atoms in total. The van der Waals surface area contributed by atoms with Crippen molar-refractivity contribution in [3.63, 3.8) is 0 Å². The number of carbonyl (C=O) groups excluding carboxylic acids is 1. The molecule has 0 spiro atoms. The van der Waals surface area contributed by atoms with Crippen molar-refractivity contribution < 1.29 is 19.4 Å². The Hall–Kier alpha value is -5.57. The Bertz CT molecular complexity index is 1720. The molecule has 4 aromatic rings. The van der Waals surface area contributed by atoms with Crippen LogP contribution < -0.4 is 20.3 Å². The molecule has 216 valence electrons. The zero-order chi connectivity index (χ0) is 30.6. The molecule has 3 N–H and O–H groups in total. The van der Waals surface area contributed by atoms with E-state index in [9.17, 15) is 20.0 Å². The lowest BCUT2D eigenvalue weighted by Gasteiger charge is -2.26. The van der Waals surface area contributed by atoms with E-state index in [0.29, 0.717) is 40.6 Å². The summed E-state index contributed by atoms with van der Waals surface area (Å²) in [6.07, 6.45) is 3.73. The van der Waals surface area contributed by atoms with Crippen LogP contribution in [0, 0.1) is 18.3 Å². The van der Waals surface area contributed by atoms with Crippen LogP contribution in [-0.2, 0) is 11.8 Å². The van der Waals surface area contributed by atoms with Crippen molar-refractivity contribution >= 4 is 45.9 Å². The highest BCUT2D eigenvalue weighted by molar-refractivity contribution is 6.02. The van der Waals surface area contributed by atoms with Crippen LogP contribution in [0.4, 0.5) is 27.8 Å². The highest BCUT2D eigenvalue weighted by atomic mass is 16.5. The third-order valence-corrected chi connectivity index (χ3v) is 6.86. The van der Waals surface area contributed by atoms with Gasteiger partial charge in [0.1, 0.15) is 11.8 Å². The molecule has 2 aromatic carbocycles. The van der Waals surface area contributed by atoms with Crippen LogP contribution in [0.15, 0.2) is 55.4 Å². The van der Waals surface area contributed by atoms with Crippen molar-refractivity contribution in [1.82, 2.24) is 19.4 Å². The molecule has 2 amide bonds. The number of nitriles is 1. The molecule has 0 radical (unpaired) electrons. The molecule has 0 saturated heterocycles. The molecule has 2 aromatic heterocycles. The lowest BCUT2D eigenvalue weighted by atomic mass is 10.0. The number of rotatable bonds is 10. The third-order valence-electron chi connectivity index (χ3n) is 6.86. The summed E-state index contributed by atoms with van der Waals surface area (Å²) in [6, 6.07) is 11.3. The number of carbonyl (C=O) groups is 2. The van der Waals surface area contributed by atoms with Crippen molar-refractivity contribution in [2.24, 2.45) is 7.05 Å². The standard InChI is InChI=1S/C30H32N8O4/c1-7-27(39)33-23-14-24(26(42-6)15-25(23)36(3)10-11-37(4)30(40)41)35-29-32-9-8-22(34-29)19-12-20(16-31)28-21(13-19)18(2)17-38(28)5/h7-9,12-15,17H,1,10-11H2,2-6H3,(H,33,39)(H,40,41)(H,32,34,35). The van der Waals surface area contributed by atoms with Crippen LogP contribution >= 0.6 is 0 Å². The Kier molecular flexibility index (Phi) is 8.62. The van der Waals surface area contributed by atoms with Gasteiger partial charge in [-0.2, -0.15) is 5.26 Å². The van der Waals surface area contributed by atoms with Gasteiger partial charge in [-0.3, -0.25) is 4.79 Å². The quantitative estimate of drug-likeness (QED) is 0.231. The third kappa shape index (κ3) is 6.10. The maximum atomic E-state index is 12.3. The second-order valence-electron chi connectivity index (χ2n) is 9.73. The Labute approximate surface area is 243 Å². The van der Waals surface area contributed by atoms with E-state index in [4.69, 9.17) is 9.72 Å². The number of nitrogens with zero attached hydrogens (tertiary/aromatic N) is 6. The summed E-state index contributed by atoms with van der Waals surface area (Å²) in [6.45, 7) is 6.13. The van der Waals surface area contributed by atoms with Crippen molar-refractivity contribution in [3.8, 4) is 23.1 Å². The summed E-state index contributed by atoms with van der Waals surface area (Å²) in [7, 11) is 6.70. The van der Waals surface area contributed by atoms with Gasteiger partial charge in [0.05, 0.1) is 40.9 Å². The number of methoxy groups -OCH3 is 1. The number of amides is 2. The predicted molar refractivity (Wildman–Crippen MR) is 162 cm³/mol. The van der Waals surface area contributed by atoms with E-state index < -0.39 is 12.0 Å². The monoisotopic (exact) mass is 568 g/mol. The SMILES string of the molecule is C=CC(=O)Nc1cc(Nc2nccc(-c3cc(C#N)c4c(c3)c(C)cn4C)n2)c(OC)cc1N(C)CCN(C)C(=O)O. The minimum absolute atomic E-state index is 0.242. The number of ether oxygens (including phenoxy) is 1. The molecule has 0 fully saturated rings. The van der Waals surface area contributed by atoms with Gasteiger partial charge < -0.3 is 34.8 Å². The van der Waals surface area contributed by atoms with Gasteiger partial charge in [0.15, 0.2) is 0 Å². The van der Waals surface area contributed by atoms with Crippen LogP contribution in [0.1, 0.15) is 11.1 Å². The molecule has 0 saturated carbocycles. The minimum Gasteiger partial charge on any atom is -0.494 e. The van der Waals surface area contributed by atoms with Crippen molar-refractivity contribution in [2.45, 2.75) is 6.92 Å². The van der Waals surface area contributed by atoms with Crippen LogP contribution in [0.5, 0.6) is 5.75 Å². The van der Waals surface area contributed by atoms with Crippen molar-refractivity contribution in [2.75, 3.05) is 49.8 Å². The average Bonchev–Trinajstić information content (AvgIpc) is 3.28. The van der Waals surface area contributed by atoms with Crippen molar-refractivity contribution in [1.29, 1.82) is 5.26 Å². The number of hydrogen-bond donors (Lipinski definition) is 3. The summed E-state index contributed by atoms with van der Waals surface area (Å²) in [4.78, 5) is 35.5. The number of fused-ring (bicyclic) bond motifs is 1. The summed E-state index contributed by atoms with van der Waals surface area (Å²) < 4.78 is 7.59. The fourth-order valence-corrected chi connectivity index (χ4v) is 4.62. The number of anilines is 4. The molecule has 42 heavy (non-hydrogen) atoms. The second-order valence-corrected chi connectivity index (χ2v) is 9.73. The van der Waals surface area contributed by atoms with E-state index in [2.05, 4.69) is 28.3 Å². The number of aromatic nitrogens is 3. The van der Waals surface area contributed by atoms with Gasteiger partial charge in [0.2, 0.25) is 11.9 Å². The smallest absolute Gasteiger partial charge is 0.407 e. The molecule has 0 aliphatic heterocycles. The maximum absolute atomic E-state index is 12.3. The zero-order valence-corrected chi connectivity index (χ0v) is 24.1. The number of carboxylic acid groups (broad SMARTS) is 1. The Morgan fingerprint density at radius 1 is 1.21 bits per heavy atom. The van der Waals surface area contributed by atoms with E-state index in [1.165, 1.54) is 19.1 Å². The Balaban J connectivity index is 1.71. The minimum atomic E-state index is -1.04. The van der Waals surface area contributed by atoms with Gasteiger partial charge in [-0.1, -0.05) is 6.58 Å². The summed E-state index contributed by atoms with van der Waals surface area (Å²) in [5.74, 6) is 0.308. The lowest BCUT2D eigenvalue weighted by Crippen LogP contribution is -2.34. The van der Waals surface area contributed by atoms with Crippen LogP contribution in [-0.4, -0.2) is 70.8 Å². The van der Waals surface area contributed by atoms with Gasteiger partial charge >= 0.3 is 6.09 Å². The summed E-state index contributed by atoms with van der Waals surface area (Å²) in [5.41, 5.74) is 5.40. The normalized spacial score (nSPS) is 10.6. The fourth-order valence-electron chi connectivity index (χ4n) is 4.62. The molecular formula is C30H32N8O4. The number of nitrogens with one attached hydrogen (secondary N) is 2. The number of hydrogen-bond acceptors (Lipinski definition) is 8. The first-order valence-corrected chi connectivity index (χ1v) is 13.0. The molecule has 0 aliphatic rings. The zero-order valence-electron chi connectivity index (χ0n) is 24.1. The lowest BCUT2D eigenvalue weighted by molar-refractivity contribution is -0.111. The number of benzene rings is 2. The molecule has 0 atom stereocenters. The number of likely N-dealkylation sites (N-methyl/N-ethyl adjacent to an activating group) is 2. The van der Waals surface area contributed by atoms with E-state index >= 15 is 0 Å². The number of aryl methyl sites for hydroxylation is 2. The topological polar surface area (TPSA) is 149 Å². The van der Waals surface area contributed by atoms with Gasteiger partial charge in [-0.25, -0.2) is 14.8 Å². The first-order valence-electron chi connectivity index (χ1n) is 13.0. The van der Waals surface area contributed by atoms with E-state index in [0.717, 1.165) is 28.1 Å². The average molecular weight is 569 g/mol. The van der Waals surface area contributed by atoms with Crippen molar-refractivity contribution in [3.05, 3.63) is 66.5 Å². The second kappa shape index (κ2) is 12.3. The molecule has 0 bridgehead atoms. The largest absolute Gasteiger partial charge is 0.494 e. The highest BCUT2D eigenvalue weighted by Gasteiger charge is 2.18. The van der Waals surface area contributed by atoms with E-state index in [1.807, 2.05) is 41.8 Å². The molecule has 0 unspecified atom stereocenters. The predicted octanol–water partition coefficient (Wildman–Crippen LogP) is 4.74. The van der Waals surface area contributed by atoms with Crippen LogP contribution in [0.2, 0.25) is 0 Å². The van der Waals surface area contributed by atoms with Gasteiger partial charge in [0, 0.05) is 63.6 Å². The van der Waals surface area contributed by atoms with Gasteiger partial charge in [-0.15, -0.1) is 0 Å². The maximum Gasteiger partial charge on any atom is 0.407 e. The molecule has 12 heteroatoms. The Morgan fingerprint density at radius 2 is 1.98 bits per heavy atom. The molecule has 2 heterocycles. The molecular weight excluding hydrogens is 536 g/mol. The first kappa shape index (κ1) is 29.4. The fraction of sp³-hybridized carbons (Fsp3) is 0.233. The molecule has 4 rings (SSSR count). The van der Waals surface area contributed by atoms with Gasteiger partial charge in [-0.05, 0) is 42.8 Å². The summed E-state index contributed by atoms with van der Waals surface area (Å²) >= 11 is 0.